The maximum atomic E-state index is 12.9. The lowest BCUT2D eigenvalue weighted by Crippen LogP contribution is -2.38. The molecule has 3 rings (SSSR count). The molecule has 1 N–H and O–H groups in total. The number of aryl methyl sites for hydroxylation is 1. The lowest BCUT2D eigenvalue weighted by atomic mass is 9.87. The number of hydrogen-bond acceptors (Lipinski definition) is 4. The van der Waals surface area contributed by atoms with Gasteiger partial charge in [0.2, 0.25) is 0 Å². The second-order valence-corrected chi connectivity index (χ2v) is 10.3. The highest BCUT2D eigenvalue weighted by atomic mass is 32.2. The third-order valence-corrected chi connectivity index (χ3v) is 7.01. The third-order valence-electron chi connectivity index (χ3n) is 5.83. The number of benzene rings is 2. The van der Waals surface area contributed by atoms with E-state index in [1.54, 1.807) is 24.9 Å². The number of nitrogens with zero attached hydrogens (tertiary/aromatic N) is 1. The van der Waals surface area contributed by atoms with Gasteiger partial charge in [-0.05, 0) is 54.2 Å². The number of carbonyl (C=O) groups is 1. The minimum absolute atomic E-state index is 0. The van der Waals surface area contributed by atoms with Gasteiger partial charge in [-0.3, -0.25) is 4.79 Å². The van der Waals surface area contributed by atoms with Gasteiger partial charge in [-0.15, -0.1) is 11.8 Å². The number of rotatable bonds is 7. The molecular formula is C28H37NO3S. The molecule has 2 aromatic carbocycles. The highest BCUT2D eigenvalue weighted by Gasteiger charge is 2.26. The second-order valence-electron chi connectivity index (χ2n) is 9.30. The van der Waals surface area contributed by atoms with Crippen LogP contribution in [0.5, 0.6) is 0 Å². The van der Waals surface area contributed by atoms with E-state index in [1.165, 1.54) is 20.9 Å². The quantitative estimate of drug-likeness (QED) is 0.380. The molecule has 178 valence electrons. The van der Waals surface area contributed by atoms with Crippen molar-refractivity contribution in [1.29, 1.82) is 0 Å². The van der Waals surface area contributed by atoms with Crippen LogP contribution in [0, 0.1) is 6.92 Å². The molecule has 0 aliphatic heterocycles. The Labute approximate surface area is 203 Å². The van der Waals surface area contributed by atoms with Crippen molar-refractivity contribution in [3.05, 3.63) is 88.9 Å². The summed E-state index contributed by atoms with van der Waals surface area (Å²) >= 11 is 1.71. The Hall–Kier alpha value is -2.50. The first kappa shape index (κ1) is 26.7. The van der Waals surface area contributed by atoms with E-state index in [1.807, 2.05) is 43.3 Å². The minimum atomic E-state index is -0.770. The van der Waals surface area contributed by atoms with Crippen molar-refractivity contribution in [3.8, 4) is 0 Å². The summed E-state index contributed by atoms with van der Waals surface area (Å²) in [5.41, 5.74) is 3.41. The van der Waals surface area contributed by atoms with Gasteiger partial charge in [0.1, 0.15) is 5.76 Å². The lowest BCUT2D eigenvalue weighted by molar-refractivity contribution is 0.0460. The highest BCUT2D eigenvalue weighted by Crippen LogP contribution is 2.32. The number of furan rings is 1. The topological polar surface area (TPSA) is 53.7 Å². The van der Waals surface area contributed by atoms with Crippen LogP contribution in [0.15, 0.2) is 70.0 Å². The van der Waals surface area contributed by atoms with Crippen LogP contribution in [0.2, 0.25) is 0 Å². The van der Waals surface area contributed by atoms with Crippen LogP contribution in [0.3, 0.4) is 0 Å². The van der Waals surface area contributed by atoms with Crippen molar-refractivity contribution in [1.82, 2.24) is 4.90 Å². The molecule has 0 fully saturated rings. The van der Waals surface area contributed by atoms with Gasteiger partial charge in [-0.1, -0.05) is 70.7 Å². The predicted octanol–water partition coefficient (Wildman–Crippen LogP) is 7.01. The van der Waals surface area contributed by atoms with Crippen molar-refractivity contribution >= 4 is 17.7 Å². The average molecular weight is 468 g/mol. The molecule has 2 atom stereocenters. The molecule has 0 spiro atoms. The molecule has 4 nitrogen and oxygen atoms in total. The van der Waals surface area contributed by atoms with Crippen molar-refractivity contribution < 1.29 is 14.3 Å². The van der Waals surface area contributed by atoms with Crippen LogP contribution in [-0.2, 0) is 11.2 Å². The number of hydrogen-bond donors (Lipinski definition) is 1. The van der Waals surface area contributed by atoms with Gasteiger partial charge >= 0.3 is 0 Å². The van der Waals surface area contributed by atoms with Crippen LogP contribution < -0.4 is 0 Å². The van der Waals surface area contributed by atoms with Gasteiger partial charge < -0.3 is 14.4 Å². The summed E-state index contributed by atoms with van der Waals surface area (Å²) in [4.78, 5) is 15.7. The number of likely N-dealkylation sites (N-methyl/N-ethyl adjacent to an activating group) is 1. The van der Waals surface area contributed by atoms with Gasteiger partial charge in [-0.2, -0.15) is 0 Å². The Kier molecular flexibility index (Phi) is 8.98. The molecule has 0 aliphatic rings. The first-order chi connectivity index (χ1) is 15.1. The van der Waals surface area contributed by atoms with Crippen LogP contribution in [0.4, 0.5) is 0 Å². The molecular weight excluding hydrogens is 430 g/mol. The molecule has 0 aliphatic carbocycles. The summed E-state index contributed by atoms with van der Waals surface area (Å²) in [6.07, 6.45) is -0.770. The fraction of sp³-hybridized carbons (Fsp3) is 0.393. The standard InChI is InChI=1S/C27H33NO3S.CH4/c1-18-12-13-21(27(3,4)5)16-24(18)32-17-22-14-15-23(31-22)26(30)28(6)19(2)25(29)20-10-8-7-9-11-20;/h7-16,19,25,29H,17H2,1-6H3;1H4/t19-,25-;/m1./s1. The number of carbonyl (C=O) groups excluding carboxylic acids is 1. The molecule has 1 aromatic heterocycles. The van der Waals surface area contributed by atoms with Crippen molar-refractivity contribution in [2.45, 2.75) is 70.3 Å². The molecule has 0 radical (unpaired) electrons. The van der Waals surface area contributed by atoms with E-state index in [-0.39, 0.29) is 24.5 Å². The summed E-state index contributed by atoms with van der Waals surface area (Å²) in [5, 5.41) is 10.6. The van der Waals surface area contributed by atoms with Gasteiger partial charge in [-0.25, -0.2) is 0 Å². The maximum Gasteiger partial charge on any atom is 0.289 e. The van der Waals surface area contributed by atoms with Crippen molar-refractivity contribution in [3.63, 3.8) is 0 Å². The van der Waals surface area contributed by atoms with Crippen molar-refractivity contribution in [2.24, 2.45) is 0 Å². The molecule has 1 heterocycles. The zero-order valence-electron chi connectivity index (χ0n) is 19.8. The van der Waals surface area contributed by atoms with Crippen LogP contribution in [0.25, 0.3) is 0 Å². The Morgan fingerprint density at radius 1 is 1.09 bits per heavy atom. The highest BCUT2D eigenvalue weighted by molar-refractivity contribution is 7.98. The lowest BCUT2D eigenvalue weighted by Gasteiger charge is -2.28. The molecule has 0 unspecified atom stereocenters. The molecule has 33 heavy (non-hydrogen) atoms. The second kappa shape index (κ2) is 11.1. The van der Waals surface area contributed by atoms with E-state index in [2.05, 4.69) is 45.9 Å². The minimum Gasteiger partial charge on any atom is -0.455 e. The summed E-state index contributed by atoms with van der Waals surface area (Å²) in [6.45, 7) is 10.6. The number of aliphatic hydroxyl groups is 1. The number of thioether (sulfide) groups is 1. The third kappa shape index (κ3) is 6.52. The molecule has 0 bridgehead atoms. The van der Waals surface area contributed by atoms with E-state index in [4.69, 9.17) is 4.42 Å². The molecule has 0 saturated carbocycles. The summed E-state index contributed by atoms with van der Waals surface area (Å²) in [6, 6.07) is 19.1. The van der Waals surface area contributed by atoms with Gasteiger partial charge in [0, 0.05) is 11.9 Å². The van der Waals surface area contributed by atoms with Gasteiger partial charge in [0.25, 0.3) is 5.91 Å². The van der Waals surface area contributed by atoms with E-state index in [9.17, 15) is 9.90 Å². The smallest absolute Gasteiger partial charge is 0.289 e. The predicted molar refractivity (Wildman–Crippen MR) is 138 cm³/mol. The normalized spacial score (nSPS) is 13.2. The average Bonchev–Trinajstić information content (AvgIpc) is 3.25. The van der Waals surface area contributed by atoms with Gasteiger partial charge in [0.05, 0.1) is 17.9 Å². The maximum absolute atomic E-state index is 12.9. The fourth-order valence-corrected chi connectivity index (χ4v) is 4.40. The monoisotopic (exact) mass is 467 g/mol. The largest absolute Gasteiger partial charge is 0.455 e. The van der Waals surface area contributed by atoms with Crippen molar-refractivity contribution in [2.75, 3.05) is 7.05 Å². The van der Waals surface area contributed by atoms with Crippen LogP contribution in [0.1, 0.15) is 74.2 Å². The fourth-order valence-electron chi connectivity index (χ4n) is 3.44. The summed E-state index contributed by atoms with van der Waals surface area (Å²) in [7, 11) is 1.69. The van der Waals surface area contributed by atoms with Crippen LogP contribution in [-0.4, -0.2) is 29.0 Å². The molecule has 0 saturated heterocycles. The Morgan fingerprint density at radius 2 is 1.76 bits per heavy atom. The number of amides is 1. The number of aliphatic hydroxyl groups excluding tert-OH is 1. The van der Waals surface area contributed by atoms with Gasteiger partial charge in [0.15, 0.2) is 5.76 Å². The molecule has 1 amide bonds. The van der Waals surface area contributed by atoms with E-state index in [0.29, 0.717) is 5.75 Å². The summed E-state index contributed by atoms with van der Waals surface area (Å²) < 4.78 is 5.87. The first-order valence-electron chi connectivity index (χ1n) is 10.9. The molecule has 3 aromatic rings. The Balaban J connectivity index is 0.00000385. The Morgan fingerprint density at radius 3 is 2.39 bits per heavy atom. The summed E-state index contributed by atoms with van der Waals surface area (Å²) in [5.74, 6) is 1.45. The zero-order chi connectivity index (χ0) is 23.5. The van der Waals surface area contributed by atoms with E-state index in [0.717, 1.165) is 11.3 Å². The van der Waals surface area contributed by atoms with Crippen LogP contribution >= 0.6 is 11.8 Å². The molecule has 5 heteroatoms. The SMILES string of the molecule is C.Cc1ccc(C(C)(C)C)cc1SCc1ccc(C(=O)N(C)[C@H](C)[C@@H](O)c2ccccc2)o1. The Bertz CT molecular complexity index is 1050. The zero-order valence-corrected chi connectivity index (χ0v) is 20.6. The first-order valence-corrected chi connectivity index (χ1v) is 11.9. The van der Waals surface area contributed by atoms with E-state index < -0.39 is 12.1 Å². The van der Waals surface area contributed by atoms with E-state index >= 15 is 0 Å².